The third-order valence-corrected chi connectivity index (χ3v) is 24.1. The molecule has 6 aliphatic carbocycles. The van der Waals surface area contributed by atoms with Gasteiger partial charge in [-0.2, -0.15) is 0 Å². The molecule has 0 amide bonds. The monoisotopic (exact) mass is 1160 g/mol. The van der Waals surface area contributed by atoms with Gasteiger partial charge in [0, 0.05) is 33.5 Å². The molecule has 13 aromatic rings. The fourth-order valence-electron chi connectivity index (χ4n) is 17.0. The SMILES string of the molecule is [O-][S+](c1ccccc1)c1ccc2c(c1)C1(c3ccccc3-c3ccccc31)c1c-2c2c(c3c1-c1ccc([S+]([O-])c4ccccc4)cc1C31c3ccccc3-c3ccccc31)-c1ccc([S+]([O-])c3ccccc3)cc1C21c2ccccc2-c2ccccc21. The molecular formula is C81H48O3S3. The minimum absolute atomic E-state index is 0.730. The van der Waals surface area contributed by atoms with Crippen LogP contribution in [0.1, 0.15) is 66.8 Å². The topological polar surface area (TPSA) is 69.2 Å². The van der Waals surface area contributed by atoms with E-state index in [1.54, 1.807) is 0 Å². The normalized spacial score (nSPS) is 15.9. The van der Waals surface area contributed by atoms with Crippen LogP contribution in [-0.2, 0) is 49.8 Å². The highest BCUT2D eigenvalue weighted by molar-refractivity contribution is 7.92. The van der Waals surface area contributed by atoms with E-state index in [9.17, 15) is 0 Å². The van der Waals surface area contributed by atoms with Crippen LogP contribution >= 0.6 is 0 Å². The Bertz CT molecular complexity index is 4470. The van der Waals surface area contributed by atoms with E-state index in [0.29, 0.717) is 0 Å². The van der Waals surface area contributed by atoms with E-state index in [0.717, 1.165) is 113 Å². The van der Waals surface area contributed by atoms with Gasteiger partial charge in [0.2, 0.25) is 0 Å². The Morgan fingerprint density at radius 3 is 0.621 bits per heavy atom. The highest BCUT2D eigenvalue weighted by Crippen LogP contribution is 2.77. The van der Waals surface area contributed by atoms with E-state index >= 15 is 13.7 Å². The van der Waals surface area contributed by atoms with Crippen molar-refractivity contribution in [3.05, 3.63) is 358 Å². The smallest absolute Gasteiger partial charge is 0.158 e. The maximum Gasteiger partial charge on any atom is 0.158 e. The van der Waals surface area contributed by atoms with Crippen LogP contribution in [0.2, 0.25) is 0 Å². The average Bonchev–Trinajstić information content (AvgIpc) is 1.46. The maximum atomic E-state index is 15.4. The van der Waals surface area contributed by atoms with Crippen LogP contribution < -0.4 is 0 Å². The van der Waals surface area contributed by atoms with Crippen molar-refractivity contribution < 1.29 is 13.7 Å². The van der Waals surface area contributed by atoms with Crippen molar-refractivity contribution in [3.8, 4) is 66.8 Å². The standard InChI is InChI=1S/C81H48O3S3/c82-85(49-22-4-1-5-23-49)52-40-43-61-70(46-52)79(64-34-16-10-28-55(64)56-29-11-17-35-65(56)79)76-73(61)77-75(63-45-42-54(87(84)51-26-8-3-9-27-51)48-72(63)80(77)66-36-18-12-30-57(66)58-31-13-19-37-67(58)80)78-74(76)62-44-41-53(86(83)50-24-6-2-7-25-50)47-71(62)81(78)68-38-20-14-32-59(68)60-33-15-21-39-69(60)81/h1-48H. The van der Waals surface area contributed by atoms with Gasteiger partial charge in [-0.25, -0.2) is 0 Å². The lowest BCUT2D eigenvalue weighted by atomic mass is 9.63. The maximum absolute atomic E-state index is 15.4. The van der Waals surface area contributed by atoms with Crippen LogP contribution in [0, 0.1) is 0 Å². The molecule has 3 unspecified atom stereocenters. The molecule has 0 aliphatic heterocycles. The van der Waals surface area contributed by atoms with Crippen molar-refractivity contribution in [2.24, 2.45) is 0 Å². The second-order valence-corrected chi connectivity index (χ2v) is 28.1. The van der Waals surface area contributed by atoms with Crippen LogP contribution in [0.5, 0.6) is 0 Å². The summed E-state index contributed by atoms with van der Waals surface area (Å²) in [6.07, 6.45) is 0. The van der Waals surface area contributed by atoms with E-state index in [-0.39, 0.29) is 0 Å². The van der Waals surface area contributed by atoms with Gasteiger partial charge in [-0.3, -0.25) is 0 Å². The van der Waals surface area contributed by atoms with Crippen molar-refractivity contribution in [3.63, 3.8) is 0 Å². The van der Waals surface area contributed by atoms with Crippen LogP contribution in [0.15, 0.2) is 321 Å². The fraction of sp³-hybridized carbons (Fsp3) is 0.0370. The van der Waals surface area contributed by atoms with Crippen LogP contribution in [0.25, 0.3) is 66.8 Å². The lowest BCUT2D eigenvalue weighted by Gasteiger charge is -2.37. The summed E-state index contributed by atoms with van der Waals surface area (Å²) in [7, 11) is 0. The van der Waals surface area contributed by atoms with Gasteiger partial charge in [0.05, 0.1) is 16.2 Å². The molecule has 0 heterocycles. The molecule has 0 saturated heterocycles. The molecule has 0 aromatic heterocycles. The molecule has 0 radical (unpaired) electrons. The summed E-state index contributed by atoms with van der Waals surface area (Å²) >= 11 is -4.60. The summed E-state index contributed by atoms with van der Waals surface area (Å²) < 4.78 is 46.3. The Labute approximate surface area is 513 Å². The van der Waals surface area contributed by atoms with Crippen molar-refractivity contribution in [1.82, 2.24) is 0 Å². The Balaban J connectivity index is 1.07. The van der Waals surface area contributed by atoms with Gasteiger partial charge in [-0.05, 0) is 225 Å². The van der Waals surface area contributed by atoms with Gasteiger partial charge in [0.25, 0.3) is 0 Å². The summed E-state index contributed by atoms with van der Waals surface area (Å²) in [5.41, 5.74) is 24.6. The quantitative estimate of drug-likeness (QED) is 0.156. The number of hydrogen-bond donors (Lipinski definition) is 0. The van der Waals surface area contributed by atoms with E-state index in [4.69, 9.17) is 0 Å². The second kappa shape index (κ2) is 18.2. The highest BCUT2D eigenvalue weighted by Gasteiger charge is 2.65. The van der Waals surface area contributed by atoms with E-state index in [1.165, 1.54) is 50.1 Å². The van der Waals surface area contributed by atoms with Crippen molar-refractivity contribution in [1.29, 1.82) is 0 Å². The first-order valence-electron chi connectivity index (χ1n) is 29.6. The van der Waals surface area contributed by atoms with Gasteiger partial charge >= 0.3 is 0 Å². The van der Waals surface area contributed by atoms with E-state index in [2.05, 4.69) is 200 Å². The largest absolute Gasteiger partial charge is 0.606 e. The van der Waals surface area contributed by atoms with Crippen LogP contribution in [0.4, 0.5) is 0 Å². The molecule has 87 heavy (non-hydrogen) atoms. The summed E-state index contributed by atoms with van der Waals surface area (Å²) in [6.45, 7) is 0. The molecule has 0 bridgehead atoms. The predicted molar refractivity (Wildman–Crippen MR) is 349 cm³/mol. The first-order valence-corrected chi connectivity index (χ1v) is 33.1. The fourth-order valence-corrected chi connectivity index (χ4v) is 20.3. The number of benzene rings is 13. The van der Waals surface area contributed by atoms with Crippen LogP contribution in [0.3, 0.4) is 0 Å². The first kappa shape index (κ1) is 50.0. The molecule has 3 atom stereocenters. The first-order chi connectivity index (χ1) is 42.9. The third-order valence-electron chi connectivity index (χ3n) is 20.0. The Morgan fingerprint density at radius 2 is 0.391 bits per heavy atom. The minimum Gasteiger partial charge on any atom is -0.606 e. The number of fused-ring (bicyclic) bond motifs is 33. The predicted octanol–water partition coefficient (Wildman–Crippen LogP) is 18.2. The Kier molecular flexibility index (Phi) is 10.4. The minimum atomic E-state index is -1.53. The number of rotatable bonds is 6. The zero-order valence-corrected chi connectivity index (χ0v) is 49.1. The zero-order chi connectivity index (χ0) is 57.5. The van der Waals surface area contributed by atoms with Crippen molar-refractivity contribution in [2.75, 3.05) is 0 Å². The van der Waals surface area contributed by atoms with Crippen molar-refractivity contribution >= 4 is 33.5 Å². The average molecular weight is 1170 g/mol. The zero-order valence-electron chi connectivity index (χ0n) is 46.7. The lowest BCUT2D eigenvalue weighted by Crippen LogP contribution is -2.31. The molecule has 19 rings (SSSR count). The van der Waals surface area contributed by atoms with Gasteiger partial charge in [0.15, 0.2) is 29.4 Å². The molecular weight excluding hydrogens is 1120 g/mol. The molecule has 6 aliphatic rings. The molecule has 13 aromatic carbocycles. The Morgan fingerprint density at radius 1 is 0.184 bits per heavy atom. The Hall–Kier alpha value is -9.21. The van der Waals surface area contributed by atoms with Gasteiger partial charge < -0.3 is 13.7 Å². The van der Waals surface area contributed by atoms with E-state index in [1.807, 2.05) is 91.0 Å². The molecule has 3 nitrogen and oxygen atoms in total. The molecule has 0 saturated carbocycles. The van der Waals surface area contributed by atoms with Crippen molar-refractivity contribution in [2.45, 2.75) is 45.6 Å². The molecule has 6 heteroatoms. The molecule has 3 spiro atoms. The van der Waals surface area contributed by atoms with Gasteiger partial charge in [0.1, 0.15) is 0 Å². The summed E-state index contributed by atoms with van der Waals surface area (Å²) in [5, 5.41) is 0. The molecule has 0 N–H and O–H groups in total. The molecule has 0 fully saturated rings. The lowest BCUT2D eigenvalue weighted by molar-refractivity contribution is 0.594. The molecule has 408 valence electrons. The van der Waals surface area contributed by atoms with Gasteiger partial charge in [-0.1, -0.05) is 200 Å². The summed E-state index contributed by atoms with van der Waals surface area (Å²) in [6, 6.07) is 104. The van der Waals surface area contributed by atoms with Gasteiger partial charge in [-0.15, -0.1) is 0 Å². The highest BCUT2D eigenvalue weighted by atomic mass is 32.2. The van der Waals surface area contributed by atoms with E-state index < -0.39 is 49.8 Å². The number of hydrogen-bond acceptors (Lipinski definition) is 3. The summed E-state index contributed by atoms with van der Waals surface area (Å²) in [5.74, 6) is 0. The third kappa shape index (κ3) is 6.17. The summed E-state index contributed by atoms with van der Waals surface area (Å²) in [4.78, 5) is 4.42. The van der Waals surface area contributed by atoms with Crippen LogP contribution in [-0.4, -0.2) is 13.7 Å². The second-order valence-electron chi connectivity index (χ2n) is 23.6.